The van der Waals surface area contributed by atoms with Crippen LogP contribution in [0.5, 0.6) is 57.5 Å². The Labute approximate surface area is 406 Å². The second-order valence-corrected chi connectivity index (χ2v) is 21.4. The Balaban J connectivity index is 0.000000201. The molecule has 0 amide bonds. The summed E-state index contributed by atoms with van der Waals surface area (Å²) >= 11 is 0. The van der Waals surface area contributed by atoms with E-state index in [1.165, 1.54) is 110 Å². The van der Waals surface area contributed by atoms with Crippen molar-refractivity contribution in [3.8, 4) is 57.5 Å². The topological polar surface area (TPSA) is 136 Å². The quantitative estimate of drug-likeness (QED) is 0.0714. The zero-order chi connectivity index (χ0) is 48.6. The van der Waals surface area contributed by atoms with Crippen molar-refractivity contribution in [2.45, 2.75) is 168 Å². The fourth-order valence-corrected chi connectivity index (χ4v) is 11.6. The summed E-state index contributed by atoms with van der Waals surface area (Å²) in [4.78, 5) is 0. The van der Waals surface area contributed by atoms with Gasteiger partial charge in [-0.3, -0.25) is 0 Å². The Morgan fingerprint density at radius 2 is 0.853 bits per heavy atom. The highest BCUT2D eigenvalue weighted by Gasteiger charge is 2.48. The monoisotopic (exact) mass is 937 g/mol. The van der Waals surface area contributed by atoms with E-state index in [9.17, 15) is 20.4 Å². The minimum Gasteiger partial charge on any atom is -0.508 e. The Bertz CT molecular complexity index is 2080. The lowest BCUT2D eigenvalue weighted by molar-refractivity contribution is -0.0152. The van der Waals surface area contributed by atoms with Gasteiger partial charge in [-0.25, -0.2) is 0 Å². The van der Waals surface area contributed by atoms with Gasteiger partial charge in [-0.1, -0.05) is 66.2 Å². The van der Waals surface area contributed by atoms with Gasteiger partial charge in [0, 0.05) is 59.4 Å². The van der Waals surface area contributed by atoms with Crippen LogP contribution in [0.3, 0.4) is 0 Å². The molecule has 0 aromatic heterocycles. The molecule has 10 nitrogen and oxygen atoms in total. The number of unbranched alkanes of at least 4 members (excludes halogenated alkanes) is 4. The first-order valence-electron chi connectivity index (χ1n) is 25.8. The predicted octanol–water partition coefficient (Wildman–Crippen LogP) is 14.0. The molecule has 4 aliphatic rings. The molecule has 4 N–H and O–H groups in total. The molecule has 2 saturated carbocycles. The maximum Gasteiger partial charge on any atom is 0.127 e. The van der Waals surface area contributed by atoms with Crippen LogP contribution in [0.15, 0.2) is 60.7 Å². The standard InChI is InChI=1S/2C29H40O5/c2*1-5-6-7-8-20-14-26(33-12-11-32-23-17-21(30)16-22(31)18-23)28-24-13-19(2)9-10-25(24)29(3,4)34-27(28)15-20/h2*14-19,24-25,30-31H,5-13H2,1-4H3/t19-,24+,25+;19-,24-,25-/m01/s1. The van der Waals surface area contributed by atoms with E-state index >= 15 is 0 Å². The molecule has 10 heteroatoms. The van der Waals surface area contributed by atoms with E-state index in [1.54, 1.807) is 0 Å². The summed E-state index contributed by atoms with van der Waals surface area (Å²) in [6, 6.07) is 17.4. The Kier molecular flexibility index (Phi) is 16.8. The fourth-order valence-electron chi connectivity index (χ4n) is 11.6. The van der Waals surface area contributed by atoms with E-state index in [0.29, 0.717) is 73.4 Å². The normalized spacial score (nSPS) is 22.9. The third-order valence-electron chi connectivity index (χ3n) is 14.9. The fraction of sp³-hybridized carbons (Fsp3) is 0.586. The average molecular weight is 937 g/mol. The SMILES string of the molecule is CCCCCc1cc(OCCOc2cc(O)cc(O)c2)c2c(c1)OC(C)(C)[C@@H]1CC[C@@H](C)C[C@@H]21.CCCCCc1cc(OCCOc2cc(O)cc(O)c2)c2c(c1)OC(C)(C)[C@@H]1CC[C@H](C)C[C@@H]21. The third kappa shape index (κ3) is 12.7. The highest BCUT2D eigenvalue weighted by Crippen LogP contribution is 2.57. The van der Waals surface area contributed by atoms with E-state index in [-0.39, 0.29) is 34.2 Å². The molecular formula is C58H80O10. The molecule has 6 atom stereocenters. The van der Waals surface area contributed by atoms with Crippen molar-refractivity contribution in [1.29, 1.82) is 0 Å². The molecule has 0 radical (unpaired) electrons. The van der Waals surface area contributed by atoms with Crippen molar-refractivity contribution in [3.05, 3.63) is 82.9 Å². The molecule has 8 rings (SSSR count). The predicted molar refractivity (Wildman–Crippen MR) is 269 cm³/mol. The van der Waals surface area contributed by atoms with Crippen molar-refractivity contribution in [1.82, 2.24) is 0 Å². The molecule has 4 aromatic carbocycles. The van der Waals surface area contributed by atoms with Crippen molar-refractivity contribution in [2.24, 2.45) is 23.7 Å². The largest absolute Gasteiger partial charge is 0.508 e. The highest BCUT2D eigenvalue weighted by molar-refractivity contribution is 5.54. The molecule has 2 aliphatic carbocycles. The number of ether oxygens (including phenoxy) is 6. The lowest BCUT2D eigenvalue weighted by atomic mass is 9.64. The third-order valence-corrected chi connectivity index (χ3v) is 14.9. The zero-order valence-electron chi connectivity index (χ0n) is 42.2. The molecule has 372 valence electrons. The Morgan fingerprint density at radius 3 is 1.22 bits per heavy atom. The molecule has 2 aliphatic heterocycles. The maximum atomic E-state index is 9.67. The summed E-state index contributed by atoms with van der Waals surface area (Å²) < 4.78 is 37.5. The highest BCUT2D eigenvalue weighted by atomic mass is 16.5. The molecule has 0 bridgehead atoms. The number of phenols is 4. The summed E-state index contributed by atoms with van der Waals surface area (Å²) in [5.74, 6) is 7.79. The van der Waals surface area contributed by atoms with Gasteiger partial charge in [0.2, 0.25) is 0 Å². The van der Waals surface area contributed by atoms with Crippen LogP contribution in [0.25, 0.3) is 0 Å². The number of fused-ring (bicyclic) bond motifs is 6. The number of aromatic hydroxyl groups is 4. The first-order valence-corrected chi connectivity index (χ1v) is 25.8. The molecule has 0 unspecified atom stereocenters. The van der Waals surface area contributed by atoms with Gasteiger partial charge in [0.25, 0.3) is 0 Å². The first-order chi connectivity index (χ1) is 32.5. The van der Waals surface area contributed by atoms with Crippen LogP contribution in [0.2, 0.25) is 0 Å². The van der Waals surface area contributed by atoms with Gasteiger partial charge in [-0.15, -0.1) is 0 Å². The zero-order valence-corrected chi connectivity index (χ0v) is 42.2. The number of hydrogen-bond donors (Lipinski definition) is 4. The summed E-state index contributed by atoms with van der Waals surface area (Å²) in [5.41, 5.74) is 4.61. The summed E-state index contributed by atoms with van der Waals surface area (Å²) in [5, 5.41) is 38.7. The molecular weight excluding hydrogens is 857 g/mol. The summed E-state index contributed by atoms with van der Waals surface area (Å²) in [6.07, 6.45) is 16.4. The van der Waals surface area contributed by atoms with Crippen LogP contribution in [0, 0.1) is 23.7 Å². The molecule has 2 fully saturated rings. The molecule has 68 heavy (non-hydrogen) atoms. The van der Waals surface area contributed by atoms with Gasteiger partial charge in [0.15, 0.2) is 0 Å². The number of hydrogen-bond acceptors (Lipinski definition) is 10. The van der Waals surface area contributed by atoms with Gasteiger partial charge < -0.3 is 48.8 Å². The number of phenolic OH excluding ortho intramolecular Hbond substituents is 4. The van der Waals surface area contributed by atoms with Gasteiger partial charge >= 0.3 is 0 Å². The van der Waals surface area contributed by atoms with Crippen LogP contribution in [-0.2, 0) is 12.8 Å². The van der Waals surface area contributed by atoms with Crippen molar-refractivity contribution in [3.63, 3.8) is 0 Å². The summed E-state index contributed by atoms with van der Waals surface area (Å²) in [7, 11) is 0. The van der Waals surface area contributed by atoms with Crippen molar-refractivity contribution < 1.29 is 48.8 Å². The Morgan fingerprint density at radius 1 is 0.485 bits per heavy atom. The van der Waals surface area contributed by atoms with Crippen LogP contribution in [0.1, 0.15) is 167 Å². The number of benzene rings is 4. The lowest BCUT2D eigenvalue weighted by Gasteiger charge is -2.49. The van der Waals surface area contributed by atoms with Crippen LogP contribution in [0.4, 0.5) is 0 Å². The molecule has 4 aromatic rings. The van der Waals surface area contributed by atoms with Gasteiger partial charge in [0.1, 0.15) is 95.1 Å². The van der Waals surface area contributed by atoms with Gasteiger partial charge in [-0.2, -0.15) is 0 Å². The minimum atomic E-state index is -0.183. The van der Waals surface area contributed by atoms with E-state index in [0.717, 1.165) is 61.5 Å². The number of aryl methyl sites for hydroxylation is 2. The van der Waals surface area contributed by atoms with Crippen molar-refractivity contribution >= 4 is 0 Å². The van der Waals surface area contributed by atoms with Crippen LogP contribution < -0.4 is 28.4 Å². The number of rotatable bonds is 18. The molecule has 2 heterocycles. The van der Waals surface area contributed by atoms with E-state index in [1.807, 2.05) is 0 Å². The van der Waals surface area contributed by atoms with Gasteiger partial charge in [0.05, 0.1) is 0 Å². The maximum absolute atomic E-state index is 9.67. The average Bonchev–Trinajstić information content (AvgIpc) is 3.25. The minimum absolute atomic E-state index is 0.0259. The molecule has 0 saturated heterocycles. The smallest absolute Gasteiger partial charge is 0.127 e. The van der Waals surface area contributed by atoms with Crippen LogP contribution >= 0.6 is 0 Å². The summed E-state index contributed by atoms with van der Waals surface area (Å²) in [6.45, 7) is 19.5. The van der Waals surface area contributed by atoms with E-state index in [2.05, 4.69) is 79.7 Å². The first kappa shape index (κ1) is 50.7. The lowest BCUT2D eigenvalue weighted by Crippen LogP contribution is -2.46. The van der Waals surface area contributed by atoms with E-state index < -0.39 is 0 Å². The van der Waals surface area contributed by atoms with Crippen molar-refractivity contribution in [2.75, 3.05) is 26.4 Å². The molecule has 0 spiro atoms. The van der Waals surface area contributed by atoms with E-state index in [4.69, 9.17) is 28.4 Å². The Hall–Kier alpha value is -5.12. The second-order valence-electron chi connectivity index (χ2n) is 21.4. The second kappa shape index (κ2) is 22.5. The van der Waals surface area contributed by atoms with Gasteiger partial charge in [-0.05, 0) is 138 Å². The van der Waals surface area contributed by atoms with Crippen LogP contribution in [-0.4, -0.2) is 58.1 Å².